The molecule has 0 unspecified atom stereocenters. The molecule has 1 aromatic heterocycles. The Balaban J connectivity index is 2.40. The Morgan fingerprint density at radius 3 is 1.95 bits per heavy atom. The van der Waals surface area contributed by atoms with Crippen LogP contribution >= 0.6 is 31.9 Å². The zero-order valence-corrected chi connectivity index (χ0v) is 13.2. The lowest BCUT2D eigenvalue weighted by atomic mass is 10.2. The van der Waals surface area contributed by atoms with Gasteiger partial charge in [0.2, 0.25) is 0 Å². The van der Waals surface area contributed by atoms with E-state index in [9.17, 15) is 0 Å². The highest BCUT2D eigenvalue weighted by molar-refractivity contribution is 9.10. The van der Waals surface area contributed by atoms with Gasteiger partial charge in [0.1, 0.15) is 0 Å². The van der Waals surface area contributed by atoms with Crippen LogP contribution in [0, 0.1) is 11.3 Å². The number of benzene rings is 2. The minimum Gasteiger partial charge on any atom is -0.339 e. The molecule has 3 aromatic rings. The lowest BCUT2D eigenvalue weighted by Crippen LogP contribution is -1.96. The molecule has 2 aromatic carbocycles. The third kappa shape index (κ3) is 2.18. The van der Waals surface area contributed by atoms with E-state index in [1.807, 2.05) is 12.1 Å². The second-order valence-corrected chi connectivity index (χ2v) is 6.21. The van der Waals surface area contributed by atoms with Crippen molar-refractivity contribution in [2.24, 2.45) is 0 Å². The van der Waals surface area contributed by atoms with Crippen molar-refractivity contribution in [3.63, 3.8) is 0 Å². The van der Waals surface area contributed by atoms with Crippen molar-refractivity contribution >= 4 is 53.7 Å². The van der Waals surface area contributed by atoms with Gasteiger partial charge in [-0.1, -0.05) is 31.9 Å². The molecule has 0 N–H and O–H groups in total. The van der Waals surface area contributed by atoms with E-state index in [2.05, 4.69) is 66.8 Å². The van der Waals surface area contributed by atoms with Gasteiger partial charge in [0.05, 0.1) is 12.5 Å². The number of nitrogens with zero attached hydrogens (tertiary/aromatic N) is 2. The molecule has 0 bridgehead atoms. The van der Waals surface area contributed by atoms with E-state index in [4.69, 9.17) is 5.26 Å². The smallest absolute Gasteiger partial charge is 0.0640 e. The van der Waals surface area contributed by atoms with Crippen LogP contribution in [0.3, 0.4) is 0 Å². The Kier molecular flexibility index (Phi) is 3.34. The van der Waals surface area contributed by atoms with E-state index in [0.717, 1.165) is 15.5 Å². The van der Waals surface area contributed by atoms with Gasteiger partial charge in [0, 0.05) is 37.3 Å². The molecule has 0 saturated carbocycles. The first-order valence-electron chi connectivity index (χ1n) is 5.94. The molecule has 19 heavy (non-hydrogen) atoms. The van der Waals surface area contributed by atoms with E-state index in [-0.39, 0.29) is 0 Å². The number of rotatable bonds is 2. The SMILES string of the molecule is N#CCCn1c2ccc(Br)cc2c2cc(Br)ccc21. The zero-order valence-electron chi connectivity index (χ0n) is 10.0. The van der Waals surface area contributed by atoms with Gasteiger partial charge < -0.3 is 4.57 Å². The molecule has 0 amide bonds. The fourth-order valence-corrected chi connectivity index (χ4v) is 3.17. The van der Waals surface area contributed by atoms with Gasteiger partial charge in [0.25, 0.3) is 0 Å². The Hall–Kier alpha value is -1.31. The van der Waals surface area contributed by atoms with Crippen LogP contribution in [0.5, 0.6) is 0 Å². The Morgan fingerprint density at radius 1 is 0.947 bits per heavy atom. The second kappa shape index (κ2) is 4.99. The van der Waals surface area contributed by atoms with Gasteiger partial charge in [-0.15, -0.1) is 0 Å². The van der Waals surface area contributed by atoms with E-state index in [0.29, 0.717) is 6.42 Å². The van der Waals surface area contributed by atoms with Gasteiger partial charge >= 0.3 is 0 Å². The highest BCUT2D eigenvalue weighted by atomic mass is 79.9. The predicted molar refractivity (Wildman–Crippen MR) is 85.1 cm³/mol. The van der Waals surface area contributed by atoms with Crippen LogP contribution in [-0.2, 0) is 6.54 Å². The standard InChI is InChI=1S/C15H10Br2N2/c16-10-2-4-14-12(8-10)13-9-11(17)3-5-15(13)19(14)7-1-6-18/h2-5,8-9H,1,7H2. The maximum absolute atomic E-state index is 8.82. The van der Waals surface area contributed by atoms with Gasteiger partial charge in [-0.3, -0.25) is 0 Å². The molecule has 0 saturated heterocycles. The molecular weight excluding hydrogens is 368 g/mol. The molecule has 4 heteroatoms. The van der Waals surface area contributed by atoms with Crippen LogP contribution < -0.4 is 0 Å². The van der Waals surface area contributed by atoms with Crippen LogP contribution in [0.2, 0.25) is 0 Å². The summed E-state index contributed by atoms with van der Waals surface area (Å²) in [7, 11) is 0. The van der Waals surface area contributed by atoms with Crippen LogP contribution in [0.4, 0.5) is 0 Å². The molecule has 1 heterocycles. The van der Waals surface area contributed by atoms with Crippen molar-refractivity contribution in [1.29, 1.82) is 5.26 Å². The van der Waals surface area contributed by atoms with Gasteiger partial charge in [-0.25, -0.2) is 0 Å². The summed E-state index contributed by atoms with van der Waals surface area (Å²) in [4.78, 5) is 0. The lowest BCUT2D eigenvalue weighted by molar-refractivity contribution is 0.768. The highest BCUT2D eigenvalue weighted by Crippen LogP contribution is 2.33. The van der Waals surface area contributed by atoms with Crippen molar-refractivity contribution in [1.82, 2.24) is 4.57 Å². The van der Waals surface area contributed by atoms with E-state index in [1.54, 1.807) is 0 Å². The molecule has 0 atom stereocenters. The third-order valence-corrected chi connectivity index (χ3v) is 4.22. The largest absolute Gasteiger partial charge is 0.339 e. The maximum Gasteiger partial charge on any atom is 0.0640 e. The van der Waals surface area contributed by atoms with E-state index >= 15 is 0 Å². The summed E-state index contributed by atoms with van der Waals surface area (Å²) in [5.41, 5.74) is 2.35. The molecule has 3 rings (SSSR count). The van der Waals surface area contributed by atoms with Crippen molar-refractivity contribution in [2.75, 3.05) is 0 Å². The fourth-order valence-electron chi connectivity index (χ4n) is 2.45. The molecule has 0 fully saturated rings. The Morgan fingerprint density at radius 2 is 1.47 bits per heavy atom. The zero-order chi connectivity index (χ0) is 13.4. The molecular formula is C15H10Br2N2. The van der Waals surface area contributed by atoms with Crippen LogP contribution in [0.1, 0.15) is 6.42 Å². The highest BCUT2D eigenvalue weighted by Gasteiger charge is 2.10. The topological polar surface area (TPSA) is 28.7 Å². The molecule has 0 aliphatic heterocycles. The lowest BCUT2D eigenvalue weighted by Gasteiger charge is -2.04. The first-order chi connectivity index (χ1) is 9.20. The summed E-state index contributed by atoms with van der Waals surface area (Å²) >= 11 is 7.05. The summed E-state index contributed by atoms with van der Waals surface area (Å²) in [5.74, 6) is 0. The molecule has 0 aliphatic rings. The van der Waals surface area contributed by atoms with Crippen LogP contribution in [0.25, 0.3) is 21.8 Å². The van der Waals surface area contributed by atoms with Gasteiger partial charge in [-0.05, 0) is 36.4 Å². The second-order valence-electron chi connectivity index (χ2n) is 4.38. The summed E-state index contributed by atoms with van der Waals surface area (Å²) in [6.07, 6.45) is 0.519. The van der Waals surface area contributed by atoms with Crippen molar-refractivity contribution in [2.45, 2.75) is 13.0 Å². The number of halogens is 2. The summed E-state index contributed by atoms with van der Waals surface area (Å²) in [6, 6.07) is 14.8. The number of fused-ring (bicyclic) bond motifs is 3. The first kappa shape index (κ1) is 12.7. The summed E-state index contributed by atoms with van der Waals surface area (Å²) in [6.45, 7) is 0.722. The molecule has 2 nitrogen and oxygen atoms in total. The third-order valence-electron chi connectivity index (χ3n) is 3.24. The monoisotopic (exact) mass is 376 g/mol. The molecule has 0 radical (unpaired) electrons. The molecule has 0 aliphatic carbocycles. The van der Waals surface area contributed by atoms with E-state index in [1.165, 1.54) is 21.8 Å². The number of nitriles is 1. The first-order valence-corrected chi connectivity index (χ1v) is 7.53. The normalized spacial score (nSPS) is 11.0. The number of aromatic nitrogens is 1. The van der Waals surface area contributed by atoms with Crippen LogP contribution in [0.15, 0.2) is 45.3 Å². The molecule has 94 valence electrons. The van der Waals surface area contributed by atoms with E-state index < -0.39 is 0 Å². The number of aryl methyl sites for hydroxylation is 1. The van der Waals surface area contributed by atoms with Crippen LogP contribution in [-0.4, -0.2) is 4.57 Å². The van der Waals surface area contributed by atoms with Gasteiger partial charge in [0.15, 0.2) is 0 Å². The maximum atomic E-state index is 8.82. The quantitative estimate of drug-likeness (QED) is 0.600. The molecule has 0 spiro atoms. The summed E-state index contributed by atoms with van der Waals surface area (Å²) < 4.78 is 4.35. The van der Waals surface area contributed by atoms with Crippen molar-refractivity contribution in [3.05, 3.63) is 45.3 Å². The van der Waals surface area contributed by atoms with Crippen molar-refractivity contribution in [3.8, 4) is 6.07 Å². The predicted octanol–water partition coefficient (Wildman–Crippen LogP) is 5.23. The average Bonchev–Trinajstić information content (AvgIpc) is 2.69. The Bertz CT molecular complexity index is 753. The number of hydrogen-bond donors (Lipinski definition) is 0. The summed E-state index contributed by atoms with van der Waals surface area (Å²) in [5, 5.41) is 11.2. The minimum absolute atomic E-state index is 0.519. The minimum atomic E-state index is 0.519. The average molecular weight is 378 g/mol. The Labute approximate surface area is 127 Å². The fraction of sp³-hybridized carbons (Fsp3) is 0.133. The van der Waals surface area contributed by atoms with Gasteiger partial charge in [-0.2, -0.15) is 5.26 Å². The van der Waals surface area contributed by atoms with Crippen molar-refractivity contribution < 1.29 is 0 Å². The number of hydrogen-bond acceptors (Lipinski definition) is 1.